The predicted molar refractivity (Wildman–Crippen MR) is 70.5 cm³/mol. The van der Waals surface area contributed by atoms with Crippen LogP contribution in [0.15, 0.2) is 16.8 Å². The van der Waals surface area contributed by atoms with Crippen molar-refractivity contribution in [3.05, 3.63) is 22.2 Å². The van der Waals surface area contributed by atoms with Crippen LogP contribution in [0.1, 0.15) is 19.3 Å². The van der Waals surface area contributed by atoms with Gasteiger partial charge in [0.25, 0.3) is 0 Å². The molecule has 1 fully saturated rings. The van der Waals surface area contributed by atoms with Gasteiger partial charge in [-0.1, -0.05) is 0 Å². The molecule has 106 valence electrons. The van der Waals surface area contributed by atoms with Gasteiger partial charge in [-0.2, -0.15) is 0 Å². The van der Waals surface area contributed by atoms with Crippen molar-refractivity contribution in [3.63, 3.8) is 0 Å². The maximum Gasteiger partial charge on any atom is 0.300 e. The first-order chi connectivity index (χ1) is 9.70. The molecule has 1 aromatic carbocycles. The number of hydrogen-bond donors (Lipinski definition) is 1. The number of ether oxygens (including phenoxy) is 1. The van der Waals surface area contributed by atoms with Crippen LogP contribution in [0.3, 0.4) is 0 Å². The zero-order valence-electron chi connectivity index (χ0n) is 10.9. The summed E-state index contributed by atoms with van der Waals surface area (Å²) in [6, 6.07) is 3.21. The fourth-order valence-electron chi connectivity index (χ4n) is 2.69. The van der Waals surface area contributed by atoms with E-state index in [4.69, 9.17) is 4.74 Å². The largest absolute Gasteiger partial charge is 0.379 e. The van der Waals surface area contributed by atoms with E-state index in [1.807, 2.05) is 0 Å². The summed E-state index contributed by atoms with van der Waals surface area (Å²) in [7, 11) is 1.69. The predicted octanol–water partition coefficient (Wildman–Crippen LogP) is 2.11. The van der Waals surface area contributed by atoms with Crippen molar-refractivity contribution in [2.24, 2.45) is 0 Å². The van der Waals surface area contributed by atoms with E-state index < -0.39 is 4.92 Å². The number of aromatic nitrogens is 2. The third kappa shape index (κ3) is 2.07. The van der Waals surface area contributed by atoms with Gasteiger partial charge in [0, 0.05) is 13.2 Å². The molecule has 0 amide bonds. The van der Waals surface area contributed by atoms with Gasteiger partial charge in [-0.25, -0.2) is 4.63 Å². The van der Waals surface area contributed by atoms with Crippen molar-refractivity contribution < 1.29 is 14.3 Å². The smallest absolute Gasteiger partial charge is 0.300 e. The van der Waals surface area contributed by atoms with Crippen LogP contribution in [0, 0.1) is 10.1 Å². The molecule has 1 aliphatic rings. The third-order valence-corrected chi connectivity index (χ3v) is 3.69. The Bertz CT molecular complexity index is 641. The van der Waals surface area contributed by atoms with E-state index in [9.17, 15) is 10.1 Å². The number of benzene rings is 1. The Morgan fingerprint density at radius 3 is 2.95 bits per heavy atom. The van der Waals surface area contributed by atoms with Crippen molar-refractivity contribution in [2.75, 3.05) is 12.4 Å². The molecule has 0 aliphatic heterocycles. The molecule has 1 aromatic heterocycles. The van der Waals surface area contributed by atoms with Gasteiger partial charge in [0.05, 0.1) is 22.8 Å². The molecule has 2 unspecified atom stereocenters. The van der Waals surface area contributed by atoms with Crippen LogP contribution in [0.4, 0.5) is 11.4 Å². The number of anilines is 1. The molecule has 0 saturated heterocycles. The fraction of sp³-hybridized carbons (Fsp3) is 0.500. The maximum absolute atomic E-state index is 10.9. The molecule has 1 heterocycles. The lowest BCUT2D eigenvalue weighted by Gasteiger charge is -2.20. The number of hydrogen-bond acceptors (Lipinski definition) is 7. The second kappa shape index (κ2) is 5.04. The molecule has 0 spiro atoms. The summed E-state index contributed by atoms with van der Waals surface area (Å²) in [6.07, 6.45) is 3.22. The minimum atomic E-state index is -0.496. The van der Waals surface area contributed by atoms with Gasteiger partial charge in [0.2, 0.25) is 5.52 Å². The Labute approximate surface area is 114 Å². The zero-order valence-corrected chi connectivity index (χ0v) is 10.9. The highest BCUT2D eigenvalue weighted by atomic mass is 16.6. The molecule has 0 radical (unpaired) electrons. The fourth-order valence-corrected chi connectivity index (χ4v) is 2.69. The average Bonchev–Trinajstić information content (AvgIpc) is 3.06. The van der Waals surface area contributed by atoms with E-state index in [-0.39, 0.29) is 23.3 Å². The first-order valence-electron chi connectivity index (χ1n) is 6.39. The normalized spacial score (nSPS) is 22.2. The summed E-state index contributed by atoms with van der Waals surface area (Å²) in [5, 5.41) is 21.6. The molecule has 1 N–H and O–H groups in total. The molecule has 20 heavy (non-hydrogen) atoms. The van der Waals surface area contributed by atoms with Gasteiger partial charge in [-0.15, -0.1) is 0 Å². The van der Waals surface area contributed by atoms with Gasteiger partial charge in [-0.3, -0.25) is 10.1 Å². The number of methoxy groups -OCH3 is 1. The molecule has 3 rings (SSSR count). The van der Waals surface area contributed by atoms with Crippen molar-refractivity contribution in [2.45, 2.75) is 31.4 Å². The number of nitro benzene ring substituents is 1. The molecular formula is C12H14N4O4. The van der Waals surface area contributed by atoms with Gasteiger partial charge in [-0.05, 0) is 35.6 Å². The number of nitrogens with one attached hydrogen (secondary N) is 1. The maximum atomic E-state index is 10.9. The van der Waals surface area contributed by atoms with Crippen molar-refractivity contribution in [1.29, 1.82) is 0 Å². The molecule has 2 atom stereocenters. The van der Waals surface area contributed by atoms with E-state index >= 15 is 0 Å². The number of nitrogens with zero attached hydrogens (tertiary/aromatic N) is 3. The summed E-state index contributed by atoms with van der Waals surface area (Å²) in [5.41, 5.74) is 1.11. The molecule has 1 saturated carbocycles. The quantitative estimate of drug-likeness (QED) is 0.674. The SMILES string of the molecule is COC1CCCC1Nc1ccc([N+](=O)[O-])c2nonc12. The minimum Gasteiger partial charge on any atom is -0.379 e. The van der Waals surface area contributed by atoms with Crippen LogP contribution in [0.5, 0.6) is 0 Å². The van der Waals surface area contributed by atoms with Crippen molar-refractivity contribution in [3.8, 4) is 0 Å². The second-order valence-electron chi connectivity index (χ2n) is 4.81. The topological polar surface area (TPSA) is 103 Å². The summed E-state index contributed by atoms with van der Waals surface area (Å²) in [5.74, 6) is 0. The number of rotatable bonds is 4. The second-order valence-corrected chi connectivity index (χ2v) is 4.81. The highest BCUT2D eigenvalue weighted by molar-refractivity contribution is 5.93. The van der Waals surface area contributed by atoms with Crippen LogP contribution in [-0.2, 0) is 4.74 Å². The minimum absolute atomic E-state index is 0.110. The molecule has 0 bridgehead atoms. The standard InChI is InChI=1S/C12H14N4O4/c1-19-10-4-2-3-7(10)13-8-5-6-9(16(17)18)12-11(8)14-20-15-12/h5-7,10,13H,2-4H2,1H3. The molecule has 2 aromatic rings. The lowest BCUT2D eigenvalue weighted by Crippen LogP contribution is -2.29. The summed E-state index contributed by atoms with van der Waals surface area (Å²) >= 11 is 0. The Morgan fingerprint density at radius 1 is 1.40 bits per heavy atom. The van der Waals surface area contributed by atoms with E-state index in [1.165, 1.54) is 6.07 Å². The summed E-state index contributed by atoms with van der Waals surface area (Å²) in [4.78, 5) is 10.4. The van der Waals surface area contributed by atoms with E-state index in [0.29, 0.717) is 11.2 Å². The van der Waals surface area contributed by atoms with Crippen molar-refractivity contribution in [1.82, 2.24) is 10.3 Å². The van der Waals surface area contributed by atoms with Gasteiger partial charge < -0.3 is 10.1 Å². The lowest BCUT2D eigenvalue weighted by molar-refractivity contribution is -0.383. The van der Waals surface area contributed by atoms with Gasteiger partial charge in [0.15, 0.2) is 5.52 Å². The van der Waals surface area contributed by atoms with Gasteiger partial charge >= 0.3 is 5.69 Å². The number of nitro groups is 1. The zero-order chi connectivity index (χ0) is 14.1. The highest BCUT2D eigenvalue weighted by Gasteiger charge is 2.28. The van der Waals surface area contributed by atoms with Crippen LogP contribution in [0.2, 0.25) is 0 Å². The molecule has 1 aliphatic carbocycles. The summed E-state index contributed by atoms with van der Waals surface area (Å²) < 4.78 is 10.1. The van der Waals surface area contributed by atoms with Gasteiger partial charge in [0.1, 0.15) is 0 Å². The van der Waals surface area contributed by atoms with Crippen LogP contribution >= 0.6 is 0 Å². The Balaban J connectivity index is 1.95. The first-order valence-corrected chi connectivity index (χ1v) is 6.39. The average molecular weight is 278 g/mol. The van der Waals surface area contributed by atoms with Crippen molar-refractivity contribution >= 4 is 22.4 Å². The van der Waals surface area contributed by atoms with Crippen LogP contribution < -0.4 is 5.32 Å². The van der Waals surface area contributed by atoms with Crippen LogP contribution in [0.25, 0.3) is 11.0 Å². The lowest BCUT2D eigenvalue weighted by atomic mass is 10.1. The Morgan fingerprint density at radius 2 is 2.20 bits per heavy atom. The monoisotopic (exact) mass is 278 g/mol. The highest BCUT2D eigenvalue weighted by Crippen LogP contribution is 2.31. The number of non-ortho nitro benzene ring substituents is 1. The Kier molecular flexibility index (Phi) is 3.23. The molecular weight excluding hydrogens is 264 g/mol. The third-order valence-electron chi connectivity index (χ3n) is 3.69. The number of fused-ring (bicyclic) bond motifs is 1. The molecule has 8 heteroatoms. The van der Waals surface area contributed by atoms with E-state index in [1.54, 1.807) is 13.2 Å². The Hall–Kier alpha value is -2.22. The molecule has 8 nitrogen and oxygen atoms in total. The van der Waals surface area contributed by atoms with Crippen LogP contribution in [-0.4, -0.2) is 34.5 Å². The summed E-state index contributed by atoms with van der Waals surface area (Å²) in [6.45, 7) is 0. The first kappa shape index (κ1) is 12.8. The van der Waals surface area contributed by atoms with E-state index in [2.05, 4.69) is 20.3 Å². The van der Waals surface area contributed by atoms with E-state index in [0.717, 1.165) is 19.3 Å².